The molecule has 0 atom stereocenters. The summed E-state index contributed by atoms with van der Waals surface area (Å²) in [5, 5.41) is 2.83. The van der Waals surface area contributed by atoms with E-state index in [0.717, 1.165) is 45.1 Å². The van der Waals surface area contributed by atoms with E-state index in [0.29, 0.717) is 12.3 Å². The van der Waals surface area contributed by atoms with Crippen LogP contribution in [0.3, 0.4) is 0 Å². The highest BCUT2D eigenvalue weighted by Gasteiger charge is 2.18. The van der Waals surface area contributed by atoms with Gasteiger partial charge in [0.1, 0.15) is 11.6 Å². The number of methoxy groups -OCH3 is 1. The van der Waals surface area contributed by atoms with Gasteiger partial charge in [-0.05, 0) is 37.2 Å². The quantitative estimate of drug-likeness (QED) is 0.743. The molecule has 1 fully saturated rings. The summed E-state index contributed by atoms with van der Waals surface area (Å²) in [7, 11) is 1.46. The number of nitrogens with zero attached hydrogens (tertiary/aromatic N) is 4. The summed E-state index contributed by atoms with van der Waals surface area (Å²) in [5.41, 5.74) is 0.217. The van der Waals surface area contributed by atoms with E-state index in [1.165, 1.54) is 25.3 Å². The molecule has 144 valence electrons. The fourth-order valence-corrected chi connectivity index (χ4v) is 3.08. The van der Waals surface area contributed by atoms with Gasteiger partial charge in [0.05, 0.1) is 12.7 Å². The van der Waals surface area contributed by atoms with Crippen LogP contribution in [0.2, 0.25) is 0 Å². The van der Waals surface area contributed by atoms with E-state index in [-0.39, 0.29) is 11.5 Å². The van der Waals surface area contributed by atoms with Crippen LogP contribution >= 0.6 is 0 Å². The van der Waals surface area contributed by atoms with E-state index in [2.05, 4.69) is 25.1 Å². The fourth-order valence-electron chi connectivity index (χ4n) is 3.08. The highest BCUT2D eigenvalue weighted by molar-refractivity contribution is 5.96. The molecule has 0 unspecified atom stereocenters. The summed E-state index contributed by atoms with van der Waals surface area (Å²) in [6, 6.07) is 5.74. The highest BCUT2D eigenvalue weighted by atomic mass is 19.1. The second-order valence-corrected chi connectivity index (χ2v) is 6.33. The average molecular weight is 373 g/mol. The molecular formula is C19H24FN5O2. The first-order valence-electron chi connectivity index (χ1n) is 9.03. The van der Waals surface area contributed by atoms with Crippen LogP contribution in [0.1, 0.15) is 16.8 Å². The maximum atomic E-state index is 13.4. The summed E-state index contributed by atoms with van der Waals surface area (Å²) >= 11 is 0. The van der Waals surface area contributed by atoms with Crippen molar-refractivity contribution in [3.05, 3.63) is 48.0 Å². The lowest BCUT2D eigenvalue weighted by Gasteiger charge is -2.34. The normalized spacial score (nSPS) is 14.8. The second kappa shape index (κ2) is 9.27. The number of piperazine rings is 1. The summed E-state index contributed by atoms with van der Waals surface area (Å²) < 4.78 is 18.5. The standard InChI is InChI=1S/C19H24FN5O2/c1-27-17-5-4-15(20)14-16(17)18(26)21-8-3-9-24-10-12-25(13-11-24)19-22-6-2-7-23-19/h2,4-7,14H,3,8-13H2,1H3,(H,21,26). The maximum Gasteiger partial charge on any atom is 0.255 e. The van der Waals surface area contributed by atoms with Crippen molar-refractivity contribution < 1.29 is 13.9 Å². The zero-order chi connectivity index (χ0) is 19.1. The number of amides is 1. The number of benzene rings is 1. The Morgan fingerprint density at radius 1 is 1.22 bits per heavy atom. The van der Waals surface area contributed by atoms with Crippen molar-refractivity contribution in [2.45, 2.75) is 6.42 Å². The summed E-state index contributed by atoms with van der Waals surface area (Å²) in [6.07, 6.45) is 4.33. The number of aromatic nitrogens is 2. The minimum atomic E-state index is -0.457. The number of rotatable bonds is 7. The molecule has 27 heavy (non-hydrogen) atoms. The molecule has 2 aromatic rings. The minimum absolute atomic E-state index is 0.217. The van der Waals surface area contributed by atoms with E-state index in [1.54, 1.807) is 12.4 Å². The molecule has 0 bridgehead atoms. The van der Waals surface area contributed by atoms with Gasteiger partial charge in [0.25, 0.3) is 5.91 Å². The maximum absolute atomic E-state index is 13.4. The molecule has 1 aromatic carbocycles. The predicted octanol–water partition coefficient (Wildman–Crippen LogP) is 1.57. The van der Waals surface area contributed by atoms with Crippen LogP contribution < -0.4 is 15.0 Å². The molecule has 1 aromatic heterocycles. The lowest BCUT2D eigenvalue weighted by atomic mass is 10.2. The molecule has 7 nitrogen and oxygen atoms in total. The second-order valence-electron chi connectivity index (χ2n) is 6.33. The van der Waals surface area contributed by atoms with E-state index in [1.807, 2.05) is 6.07 Å². The molecule has 0 radical (unpaired) electrons. The van der Waals surface area contributed by atoms with Gasteiger partial charge >= 0.3 is 0 Å². The number of ether oxygens (including phenoxy) is 1. The van der Waals surface area contributed by atoms with Crippen LogP contribution in [0.5, 0.6) is 5.75 Å². The van der Waals surface area contributed by atoms with E-state index in [9.17, 15) is 9.18 Å². The minimum Gasteiger partial charge on any atom is -0.496 e. The number of hydrogen-bond donors (Lipinski definition) is 1. The van der Waals surface area contributed by atoms with Crippen molar-refractivity contribution in [1.82, 2.24) is 20.2 Å². The van der Waals surface area contributed by atoms with E-state index in [4.69, 9.17) is 4.74 Å². The molecule has 1 amide bonds. The van der Waals surface area contributed by atoms with Gasteiger partial charge < -0.3 is 15.0 Å². The topological polar surface area (TPSA) is 70.6 Å². The highest BCUT2D eigenvalue weighted by Crippen LogP contribution is 2.19. The first kappa shape index (κ1) is 19.0. The molecule has 1 aliphatic rings. The molecule has 1 aliphatic heterocycles. The van der Waals surface area contributed by atoms with Crippen LogP contribution in [0.4, 0.5) is 10.3 Å². The number of anilines is 1. The van der Waals surface area contributed by atoms with Crippen LogP contribution in [-0.4, -0.2) is 67.2 Å². The largest absolute Gasteiger partial charge is 0.496 e. The third-order valence-electron chi connectivity index (χ3n) is 4.55. The summed E-state index contributed by atoms with van der Waals surface area (Å²) in [4.78, 5) is 25.3. The SMILES string of the molecule is COc1ccc(F)cc1C(=O)NCCCN1CCN(c2ncccn2)CC1. The van der Waals surface area contributed by atoms with Gasteiger partial charge in [-0.3, -0.25) is 9.69 Å². The Bertz CT molecular complexity index is 751. The third-order valence-corrected chi connectivity index (χ3v) is 4.55. The van der Waals surface area contributed by atoms with Gasteiger partial charge in [0.15, 0.2) is 0 Å². The summed E-state index contributed by atoms with van der Waals surface area (Å²) in [6.45, 7) is 5.06. The Balaban J connectivity index is 1.39. The lowest BCUT2D eigenvalue weighted by molar-refractivity contribution is 0.0948. The number of carbonyl (C=O) groups excluding carboxylic acids is 1. The Morgan fingerprint density at radius 2 is 1.96 bits per heavy atom. The van der Waals surface area contributed by atoms with Gasteiger partial charge in [-0.1, -0.05) is 0 Å². The van der Waals surface area contributed by atoms with Crippen molar-refractivity contribution in [1.29, 1.82) is 0 Å². The zero-order valence-corrected chi connectivity index (χ0v) is 15.4. The molecule has 1 saturated heterocycles. The molecule has 2 heterocycles. The van der Waals surface area contributed by atoms with E-state index >= 15 is 0 Å². The van der Waals surface area contributed by atoms with Gasteiger partial charge in [0.2, 0.25) is 5.95 Å². The first-order chi connectivity index (χ1) is 13.2. The number of carbonyl (C=O) groups is 1. The van der Waals surface area contributed by atoms with Gasteiger partial charge in [0, 0.05) is 45.1 Å². The molecule has 1 N–H and O–H groups in total. The fraction of sp³-hybridized carbons (Fsp3) is 0.421. The van der Waals surface area contributed by atoms with Crippen molar-refractivity contribution in [3.8, 4) is 5.75 Å². The first-order valence-corrected chi connectivity index (χ1v) is 9.03. The van der Waals surface area contributed by atoms with Gasteiger partial charge in [-0.2, -0.15) is 0 Å². The number of nitrogens with one attached hydrogen (secondary N) is 1. The monoisotopic (exact) mass is 373 g/mol. The van der Waals surface area contributed by atoms with Crippen molar-refractivity contribution in [2.24, 2.45) is 0 Å². The summed E-state index contributed by atoms with van der Waals surface area (Å²) in [5.74, 6) is 0.361. The molecule has 0 saturated carbocycles. The Labute approximate surface area is 158 Å². The third kappa shape index (κ3) is 5.13. The molecule has 3 rings (SSSR count). The van der Waals surface area contributed by atoms with Crippen LogP contribution in [-0.2, 0) is 0 Å². The Morgan fingerprint density at radius 3 is 2.67 bits per heavy atom. The van der Waals surface area contributed by atoms with Crippen molar-refractivity contribution >= 4 is 11.9 Å². The number of hydrogen-bond acceptors (Lipinski definition) is 6. The average Bonchev–Trinajstić information content (AvgIpc) is 2.72. The molecule has 0 aliphatic carbocycles. The van der Waals surface area contributed by atoms with Crippen molar-refractivity contribution in [3.63, 3.8) is 0 Å². The van der Waals surface area contributed by atoms with Gasteiger partial charge in [-0.25, -0.2) is 14.4 Å². The molecular weight excluding hydrogens is 349 g/mol. The zero-order valence-electron chi connectivity index (χ0n) is 15.4. The van der Waals surface area contributed by atoms with E-state index < -0.39 is 5.82 Å². The van der Waals surface area contributed by atoms with Crippen molar-refractivity contribution in [2.75, 3.05) is 51.3 Å². The molecule has 8 heteroatoms. The molecule has 0 spiro atoms. The lowest BCUT2D eigenvalue weighted by Crippen LogP contribution is -2.47. The predicted molar refractivity (Wildman–Crippen MR) is 101 cm³/mol. The Hall–Kier alpha value is -2.74. The van der Waals surface area contributed by atoms with Crippen LogP contribution in [0, 0.1) is 5.82 Å². The van der Waals surface area contributed by atoms with Crippen LogP contribution in [0.25, 0.3) is 0 Å². The van der Waals surface area contributed by atoms with Crippen LogP contribution in [0.15, 0.2) is 36.7 Å². The Kier molecular flexibility index (Phi) is 6.54. The number of halogens is 1. The van der Waals surface area contributed by atoms with Gasteiger partial charge in [-0.15, -0.1) is 0 Å². The smallest absolute Gasteiger partial charge is 0.255 e.